The highest BCUT2D eigenvalue weighted by atomic mass is 16.5. The van der Waals surface area contributed by atoms with Gasteiger partial charge in [0.05, 0.1) is 30.9 Å². The summed E-state index contributed by atoms with van der Waals surface area (Å²) in [7, 11) is 1.58. The number of piperazine rings is 1. The molecule has 4 aliphatic rings. The van der Waals surface area contributed by atoms with Crippen LogP contribution >= 0.6 is 0 Å². The second-order valence-electron chi connectivity index (χ2n) is 8.19. The molecule has 0 aromatic rings. The van der Waals surface area contributed by atoms with Crippen molar-refractivity contribution in [2.75, 3.05) is 26.9 Å². The van der Waals surface area contributed by atoms with Gasteiger partial charge in [-0.3, -0.25) is 9.59 Å². The first-order valence-corrected chi connectivity index (χ1v) is 10.4. The minimum absolute atomic E-state index is 0.0177. The fourth-order valence-electron chi connectivity index (χ4n) is 5.18. The van der Waals surface area contributed by atoms with E-state index in [-0.39, 0.29) is 36.0 Å². The van der Waals surface area contributed by atoms with Crippen LogP contribution in [-0.2, 0) is 19.1 Å². The summed E-state index contributed by atoms with van der Waals surface area (Å²) in [5.74, 6) is -0.882. The molecule has 0 amide bonds. The molecule has 2 saturated heterocycles. The average molecular weight is 390 g/mol. The number of carbonyl (C=O) groups excluding carboxylic acids is 2. The van der Waals surface area contributed by atoms with Gasteiger partial charge in [-0.15, -0.1) is 0 Å². The number of Topliss-reactive ketones (excluding diaryl/α,β-unsaturated/α-hetero) is 2. The summed E-state index contributed by atoms with van der Waals surface area (Å²) >= 11 is 0. The molecule has 1 aliphatic carbocycles. The van der Waals surface area contributed by atoms with Crippen molar-refractivity contribution < 1.29 is 24.2 Å². The van der Waals surface area contributed by atoms with Gasteiger partial charge in [0.15, 0.2) is 11.5 Å². The first-order chi connectivity index (χ1) is 13.5. The molecule has 7 heteroatoms. The third-order valence-electron chi connectivity index (χ3n) is 6.66. The van der Waals surface area contributed by atoms with E-state index in [9.17, 15) is 14.7 Å². The number of hydrogen-bond acceptors (Lipinski definition) is 7. The van der Waals surface area contributed by atoms with E-state index in [0.29, 0.717) is 30.0 Å². The molecule has 4 unspecified atom stereocenters. The highest BCUT2D eigenvalue weighted by molar-refractivity contribution is 6.25. The van der Waals surface area contributed by atoms with Gasteiger partial charge in [-0.2, -0.15) is 0 Å². The van der Waals surface area contributed by atoms with E-state index < -0.39 is 11.6 Å². The zero-order chi connectivity index (χ0) is 20.1. The number of fused-ring (bicyclic) bond motifs is 4. The van der Waals surface area contributed by atoms with Crippen LogP contribution in [0.25, 0.3) is 0 Å². The molecule has 7 nitrogen and oxygen atoms in total. The zero-order valence-corrected chi connectivity index (χ0v) is 16.9. The van der Waals surface area contributed by atoms with Crippen LogP contribution in [0.2, 0.25) is 0 Å². The number of allylic oxidation sites excluding steroid dienone is 2. The standard InChI is InChI=1S/C21H30N2O5/c1-4-5-6-7-8-9-28-19-12(2)17(25)16-15(18(19)26)13(11-24)21(27-3)20-14(22-20)10-23(16)21/h13-14,20,22,24H,4-11H2,1-3H3. The topological polar surface area (TPSA) is 98.0 Å². The Hall–Kier alpha value is -1.70. The Labute approximate surface area is 165 Å². The molecule has 4 atom stereocenters. The van der Waals surface area contributed by atoms with Gasteiger partial charge in [0, 0.05) is 30.8 Å². The Balaban J connectivity index is 1.56. The normalized spacial score (nSPS) is 33.4. The minimum atomic E-state index is -0.870. The number of hydrogen-bond donors (Lipinski definition) is 2. The summed E-state index contributed by atoms with van der Waals surface area (Å²) in [6.45, 7) is 4.60. The number of unbranched alkanes of at least 4 members (excludes halogenated alkanes) is 4. The average Bonchev–Trinajstić information content (AvgIpc) is 3.30. The van der Waals surface area contributed by atoms with Crippen molar-refractivity contribution in [2.24, 2.45) is 5.92 Å². The van der Waals surface area contributed by atoms with Crippen molar-refractivity contribution in [1.82, 2.24) is 10.2 Å². The molecule has 0 saturated carbocycles. The van der Waals surface area contributed by atoms with Gasteiger partial charge in [0.25, 0.3) is 0 Å². The van der Waals surface area contributed by atoms with Crippen LogP contribution in [0.4, 0.5) is 0 Å². The largest absolute Gasteiger partial charge is 0.489 e. The van der Waals surface area contributed by atoms with Crippen LogP contribution in [0.1, 0.15) is 46.0 Å². The predicted octanol–water partition coefficient (Wildman–Crippen LogP) is 1.27. The first kappa shape index (κ1) is 19.6. The van der Waals surface area contributed by atoms with E-state index in [4.69, 9.17) is 9.47 Å². The van der Waals surface area contributed by atoms with E-state index in [1.165, 1.54) is 12.8 Å². The van der Waals surface area contributed by atoms with Gasteiger partial charge in [-0.25, -0.2) is 0 Å². The summed E-state index contributed by atoms with van der Waals surface area (Å²) in [6, 6.07) is 0.250. The summed E-state index contributed by atoms with van der Waals surface area (Å²) < 4.78 is 11.7. The Morgan fingerprint density at radius 3 is 2.64 bits per heavy atom. The molecular formula is C21H30N2O5. The number of ketones is 2. The Kier molecular flexibility index (Phi) is 5.10. The number of aliphatic hydroxyl groups excluding tert-OH is 1. The van der Waals surface area contributed by atoms with Crippen LogP contribution in [0.15, 0.2) is 22.6 Å². The van der Waals surface area contributed by atoms with Crippen molar-refractivity contribution >= 4 is 11.6 Å². The SMILES string of the molecule is CCCCCCCOC1=C(C)C(=O)C2=C(C1=O)C(CO)C1(OC)C3NC3CN21. The number of methoxy groups -OCH3 is 1. The molecule has 0 radical (unpaired) electrons. The molecular weight excluding hydrogens is 360 g/mol. The second kappa shape index (κ2) is 7.28. The summed E-state index contributed by atoms with van der Waals surface area (Å²) in [5, 5.41) is 13.5. The number of ether oxygens (including phenoxy) is 2. The molecule has 2 fully saturated rings. The summed E-state index contributed by atoms with van der Waals surface area (Å²) in [4.78, 5) is 28.4. The highest BCUT2D eigenvalue weighted by Crippen LogP contribution is 2.55. The van der Waals surface area contributed by atoms with Crippen LogP contribution in [0.5, 0.6) is 0 Å². The molecule has 3 aliphatic heterocycles. The maximum absolute atomic E-state index is 13.3. The lowest BCUT2D eigenvalue weighted by Crippen LogP contribution is -2.54. The fraction of sp³-hybridized carbons (Fsp3) is 0.714. The van der Waals surface area contributed by atoms with E-state index >= 15 is 0 Å². The molecule has 2 N–H and O–H groups in total. The summed E-state index contributed by atoms with van der Waals surface area (Å²) in [6.07, 6.45) is 5.42. The maximum Gasteiger partial charge on any atom is 0.226 e. The third kappa shape index (κ3) is 2.60. The van der Waals surface area contributed by atoms with Crippen molar-refractivity contribution in [3.63, 3.8) is 0 Å². The van der Waals surface area contributed by atoms with Crippen molar-refractivity contribution in [1.29, 1.82) is 0 Å². The Bertz CT molecular complexity index is 758. The van der Waals surface area contributed by atoms with E-state index in [1.807, 2.05) is 4.90 Å². The third-order valence-corrected chi connectivity index (χ3v) is 6.66. The van der Waals surface area contributed by atoms with Crippen LogP contribution in [0.3, 0.4) is 0 Å². The first-order valence-electron chi connectivity index (χ1n) is 10.4. The van der Waals surface area contributed by atoms with Gasteiger partial charge in [-0.05, 0) is 13.3 Å². The molecule has 0 bridgehead atoms. The Morgan fingerprint density at radius 2 is 1.96 bits per heavy atom. The minimum Gasteiger partial charge on any atom is -0.489 e. The molecule has 0 aromatic heterocycles. The molecule has 3 heterocycles. The monoisotopic (exact) mass is 390 g/mol. The highest BCUT2D eigenvalue weighted by Gasteiger charge is 2.72. The van der Waals surface area contributed by atoms with Gasteiger partial charge < -0.3 is 24.8 Å². The van der Waals surface area contributed by atoms with Crippen molar-refractivity contribution in [2.45, 2.75) is 63.8 Å². The molecule has 154 valence electrons. The lowest BCUT2D eigenvalue weighted by atomic mass is 9.83. The van der Waals surface area contributed by atoms with E-state index in [2.05, 4.69) is 12.2 Å². The zero-order valence-electron chi connectivity index (χ0n) is 16.9. The number of aliphatic hydroxyl groups is 1. The molecule has 0 spiro atoms. The molecule has 0 aromatic carbocycles. The number of rotatable bonds is 9. The predicted molar refractivity (Wildman–Crippen MR) is 102 cm³/mol. The number of nitrogens with zero attached hydrogens (tertiary/aromatic N) is 1. The van der Waals surface area contributed by atoms with E-state index in [1.54, 1.807) is 14.0 Å². The van der Waals surface area contributed by atoms with Crippen LogP contribution in [-0.4, -0.2) is 66.2 Å². The maximum atomic E-state index is 13.3. The number of carbonyl (C=O) groups is 2. The second-order valence-corrected chi connectivity index (χ2v) is 8.19. The van der Waals surface area contributed by atoms with Crippen LogP contribution in [0, 0.1) is 5.92 Å². The number of nitrogens with one attached hydrogen (secondary N) is 1. The summed E-state index contributed by atoms with van der Waals surface area (Å²) in [5.41, 5.74) is 0.237. The fourth-order valence-corrected chi connectivity index (χ4v) is 5.18. The van der Waals surface area contributed by atoms with Gasteiger partial charge in [0.1, 0.15) is 0 Å². The lowest BCUT2D eigenvalue weighted by molar-refractivity contribution is -0.137. The van der Waals surface area contributed by atoms with Crippen molar-refractivity contribution in [3.8, 4) is 0 Å². The quantitative estimate of drug-likeness (QED) is 0.348. The van der Waals surface area contributed by atoms with Gasteiger partial charge in [0.2, 0.25) is 11.6 Å². The smallest absolute Gasteiger partial charge is 0.226 e. The van der Waals surface area contributed by atoms with E-state index in [0.717, 1.165) is 19.3 Å². The molecule has 4 rings (SSSR count). The lowest BCUT2D eigenvalue weighted by Gasteiger charge is -2.39. The van der Waals surface area contributed by atoms with Crippen molar-refractivity contribution in [3.05, 3.63) is 22.6 Å². The van der Waals surface area contributed by atoms with Gasteiger partial charge in [-0.1, -0.05) is 32.6 Å². The molecule has 28 heavy (non-hydrogen) atoms. The Morgan fingerprint density at radius 1 is 1.21 bits per heavy atom. The van der Waals surface area contributed by atoms with Gasteiger partial charge >= 0.3 is 0 Å². The van der Waals surface area contributed by atoms with Crippen LogP contribution < -0.4 is 5.32 Å².